The number of methoxy groups -OCH3 is 3. The Labute approximate surface area is 129 Å². The average Bonchev–Trinajstić information content (AvgIpc) is 2.59. The Hall–Kier alpha value is -2.69. The summed E-state index contributed by atoms with van der Waals surface area (Å²) in [7, 11) is 4.77. The van der Waals surface area contributed by atoms with E-state index >= 15 is 0 Å². The first-order valence-corrected chi connectivity index (χ1v) is 6.80. The first-order chi connectivity index (χ1) is 10.7. The van der Waals surface area contributed by atoms with E-state index in [1.165, 1.54) is 0 Å². The van der Waals surface area contributed by atoms with E-state index in [1.807, 2.05) is 12.1 Å². The van der Waals surface area contributed by atoms with Crippen LogP contribution in [-0.2, 0) is 6.54 Å². The molecular weight excluding hydrogens is 282 g/mol. The lowest BCUT2D eigenvalue weighted by Gasteiger charge is -2.10. The van der Waals surface area contributed by atoms with Crippen molar-refractivity contribution in [3.05, 3.63) is 53.6 Å². The first-order valence-electron chi connectivity index (χ1n) is 6.80. The van der Waals surface area contributed by atoms with Crippen molar-refractivity contribution in [1.29, 1.82) is 0 Å². The lowest BCUT2D eigenvalue weighted by molar-refractivity contribution is 0.0951. The van der Waals surface area contributed by atoms with Crippen LogP contribution < -0.4 is 19.5 Å². The highest BCUT2D eigenvalue weighted by Crippen LogP contribution is 2.22. The van der Waals surface area contributed by atoms with E-state index in [-0.39, 0.29) is 5.91 Å². The molecule has 0 saturated carbocycles. The zero-order valence-electron chi connectivity index (χ0n) is 12.9. The van der Waals surface area contributed by atoms with Crippen molar-refractivity contribution < 1.29 is 19.0 Å². The van der Waals surface area contributed by atoms with Gasteiger partial charge in [-0.2, -0.15) is 0 Å². The maximum absolute atomic E-state index is 12.1. The Morgan fingerprint density at radius 3 is 1.91 bits per heavy atom. The summed E-state index contributed by atoms with van der Waals surface area (Å²) in [5.41, 5.74) is 1.48. The quantitative estimate of drug-likeness (QED) is 0.891. The third-order valence-corrected chi connectivity index (χ3v) is 3.22. The standard InChI is InChI=1S/C17H19NO4/c1-20-14-6-4-13(5-7-14)17(19)18-11-12-8-15(21-2)10-16(9-12)22-3/h4-10H,11H2,1-3H3,(H,18,19). The van der Waals surface area contributed by atoms with Crippen molar-refractivity contribution in [3.63, 3.8) is 0 Å². The van der Waals surface area contributed by atoms with Crippen LogP contribution in [0.5, 0.6) is 17.2 Å². The molecule has 0 radical (unpaired) electrons. The maximum Gasteiger partial charge on any atom is 0.251 e. The molecule has 0 aromatic heterocycles. The van der Waals surface area contributed by atoms with Gasteiger partial charge in [-0.25, -0.2) is 0 Å². The van der Waals surface area contributed by atoms with E-state index in [0.29, 0.717) is 29.4 Å². The van der Waals surface area contributed by atoms with Gasteiger partial charge in [0.15, 0.2) is 0 Å². The van der Waals surface area contributed by atoms with Gasteiger partial charge < -0.3 is 19.5 Å². The van der Waals surface area contributed by atoms with E-state index in [0.717, 1.165) is 5.56 Å². The first kappa shape index (κ1) is 15.7. The number of amides is 1. The Kier molecular flexibility index (Phi) is 5.25. The third kappa shape index (κ3) is 3.91. The fourth-order valence-electron chi connectivity index (χ4n) is 2.00. The fraction of sp³-hybridized carbons (Fsp3) is 0.235. The van der Waals surface area contributed by atoms with Crippen LogP contribution in [0.4, 0.5) is 0 Å². The molecule has 5 heteroatoms. The molecule has 0 fully saturated rings. The van der Waals surface area contributed by atoms with Crippen molar-refractivity contribution in [2.75, 3.05) is 21.3 Å². The van der Waals surface area contributed by atoms with Crippen LogP contribution in [0.15, 0.2) is 42.5 Å². The summed E-state index contributed by atoms with van der Waals surface area (Å²) in [6.07, 6.45) is 0. The Morgan fingerprint density at radius 1 is 0.864 bits per heavy atom. The third-order valence-electron chi connectivity index (χ3n) is 3.22. The van der Waals surface area contributed by atoms with Crippen molar-refractivity contribution >= 4 is 5.91 Å². The normalized spacial score (nSPS) is 9.95. The second kappa shape index (κ2) is 7.36. The molecule has 0 aliphatic carbocycles. The number of hydrogen-bond acceptors (Lipinski definition) is 4. The zero-order chi connectivity index (χ0) is 15.9. The molecule has 1 N–H and O–H groups in total. The van der Waals surface area contributed by atoms with E-state index < -0.39 is 0 Å². The van der Waals surface area contributed by atoms with Gasteiger partial charge in [-0.3, -0.25) is 4.79 Å². The predicted octanol–water partition coefficient (Wildman–Crippen LogP) is 2.64. The Morgan fingerprint density at radius 2 is 1.41 bits per heavy atom. The van der Waals surface area contributed by atoms with Gasteiger partial charge >= 0.3 is 0 Å². The van der Waals surface area contributed by atoms with E-state index in [9.17, 15) is 4.79 Å². The molecule has 0 atom stereocenters. The molecule has 2 aromatic rings. The molecule has 0 unspecified atom stereocenters. The van der Waals surface area contributed by atoms with Crippen LogP contribution in [0.2, 0.25) is 0 Å². The minimum absolute atomic E-state index is 0.149. The highest BCUT2D eigenvalue weighted by Gasteiger charge is 2.07. The lowest BCUT2D eigenvalue weighted by Crippen LogP contribution is -2.22. The molecule has 116 valence electrons. The minimum atomic E-state index is -0.149. The summed E-state index contributed by atoms with van der Waals surface area (Å²) in [5.74, 6) is 1.94. The predicted molar refractivity (Wildman–Crippen MR) is 83.7 cm³/mol. The highest BCUT2D eigenvalue weighted by molar-refractivity contribution is 5.94. The largest absolute Gasteiger partial charge is 0.497 e. The highest BCUT2D eigenvalue weighted by atomic mass is 16.5. The van der Waals surface area contributed by atoms with Gasteiger partial charge in [0.2, 0.25) is 0 Å². The summed E-state index contributed by atoms with van der Waals surface area (Å²) in [4.78, 5) is 12.1. The molecular formula is C17H19NO4. The van der Waals surface area contributed by atoms with Gasteiger partial charge in [-0.1, -0.05) is 0 Å². The minimum Gasteiger partial charge on any atom is -0.497 e. The van der Waals surface area contributed by atoms with E-state index in [1.54, 1.807) is 51.7 Å². The summed E-state index contributed by atoms with van der Waals surface area (Å²) in [6, 6.07) is 12.5. The number of carbonyl (C=O) groups excluding carboxylic acids is 1. The molecule has 22 heavy (non-hydrogen) atoms. The summed E-state index contributed by atoms with van der Waals surface area (Å²) < 4.78 is 15.5. The van der Waals surface area contributed by atoms with Gasteiger partial charge in [0, 0.05) is 18.2 Å². The smallest absolute Gasteiger partial charge is 0.251 e. The van der Waals surface area contributed by atoms with Gasteiger partial charge in [-0.05, 0) is 42.0 Å². The van der Waals surface area contributed by atoms with Crippen LogP contribution in [0.3, 0.4) is 0 Å². The molecule has 0 aliphatic heterocycles. The van der Waals surface area contributed by atoms with Gasteiger partial charge in [0.25, 0.3) is 5.91 Å². The molecule has 5 nitrogen and oxygen atoms in total. The zero-order valence-corrected chi connectivity index (χ0v) is 12.9. The molecule has 1 amide bonds. The Balaban J connectivity index is 2.03. The lowest BCUT2D eigenvalue weighted by atomic mass is 10.1. The summed E-state index contributed by atoms with van der Waals surface area (Å²) >= 11 is 0. The van der Waals surface area contributed by atoms with Crippen LogP contribution in [-0.4, -0.2) is 27.2 Å². The van der Waals surface area contributed by atoms with Gasteiger partial charge in [0.05, 0.1) is 21.3 Å². The molecule has 2 rings (SSSR count). The molecule has 0 bridgehead atoms. The van der Waals surface area contributed by atoms with Gasteiger partial charge in [-0.15, -0.1) is 0 Å². The van der Waals surface area contributed by atoms with E-state index in [2.05, 4.69) is 5.32 Å². The monoisotopic (exact) mass is 301 g/mol. The SMILES string of the molecule is COc1ccc(C(=O)NCc2cc(OC)cc(OC)c2)cc1. The van der Waals surface area contributed by atoms with Crippen molar-refractivity contribution in [3.8, 4) is 17.2 Å². The number of carbonyl (C=O) groups is 1. The topological polar surface area (TPSA) is 56.8 Å². The number of benzene rings is 2. The average molecular weight is 301 g/mol. The van der Waals surface area contributed by atoms with Crippen molar-refractivity contribution in [1.82, 2.24) is 5.32 Å². The summed E-state index contributed by atoms with van der Waals surface area (Å²) in [5, 5.41) is 2.86. The van der Waals surface area contributed by atoms with Crippen molar-refractivity contribution in [2.45, 2.75) is 6.54 Å². The van der Waals surface area contributed by atoms with Crippen LogP contribution in [0.1, 0.15) is 15.9 Å². The second-order valence-electron chi connectivity index (χ2n) is 4.63. The number of ether oxygens (including phenoxy) is 3. The van der Waals surface area contributed by atoms with Crippen molar-refractivity contribution in [2.24, 2.45) is 0 Å². The second-order valence-corrected chi connectivity index (χ2v) is 4.63. The fourth-order valence-corrected chi connectivity index (χ4v) is 2.00. The van der Waals surface area contributed by atoms with Gasteiger partial charge in [0.1, 0.15) is 17.2 Å². The molecule has 0 saturated heterocycles. The molecule has 2 aromatic carbocycles. The number of rotatable bonds is 6. The van der Waals surface area contributed by atoms with E-state index in [4.69, 9.17) is 14.2 Å². The molecule has 0 aliphatic rings. The van der Waals surface area contributed by atoms with Crippen LogP contribution in [0.25, 0.3) is 0 Å². The maximum atomic E-state index is 12.1. The van der Waals surface area contributed by atoms with Crippen LogP contribution >= 0.6 is 0 Å². The molecule has 0 heterocycles. The van der Waals surface area contributed by atoms with Crippen LogP contribution in [0, 0.1) is 0 Å². The number of nitrogens with one attached hydrogen (secondary N) is 1. The number of hydrogen-bond donors (Lipinski definition) is 1. The Bertz CT molecular complexity index is 615. The summed E-state index contributed by atoms with van der Waals surface area (Å²) in [6.45, 7) is 0.387. The molecule has 0 spiro atoms.